The summed E-state index contributed by atoms with van der Waals surface area (Å²) in [5.41, 5.74) is 2.05. The highest BCUT2D eigenvalue weighted by Crippen LogP contribution is 2.36. The molecule has 0 radical (unpaired) electrons. The molecule has 200 valence electrons. The fraction of sp³-hybridized carbons (Fsp3) is 0.179. The minimum Gasteiger partial charge on any atom is -0.490 e. The van der Waals surface area contributed by atoms with Gasteiger partial charge in [0.1, 0.15) is 12.2 Å². The molecule has 0 aromatic heterocycles. The lowest BCUT2D eigenvalue weighted by Crippen LogP contribution is -2.54. The van der Waals surface area contributed by atoms with E-state index in [1.165, 1.54) is 18.2 Å². The van der Waals surface area contributed by atoms with Crippen LogP contribution in [-0.2, 0) is 22.6 Å². The molecule has 1 heterocycles. The van der Waals surface area contributed by atoms with Crippen LogP contribution in [0.25, 0.3) is 6.08 Å². The number of hydrogen-bond donors (Lipinski definition) is 1. The number of amides is 4. The van der Waals surface area contributed by atoms with Crippen LogP contribution in [0.5, 0.6) is 11.5 Å². The zero-order valence-corrected chi connectivity index (χ0v) is 23.3. The summed E-state index contributed by atoms with van der Waals surface area (Å²) in [5, 5.41) is 13.3. The van der Waals surface area contributed by atoms with Gasteiger partial charge in [-0.1, -0.05) is 37.3 Å². The topological polar surface area (TPSA) is 128 Å². The summed E-state index contributed by atoms with van der Waals surface area (Å²) in [6.07, 6.45) is 1.99. The van der Waals surface area contributed by atoms with Crippen LogP contribution in [0.3, 0.4) is 0 Å². The molecule has 0 atom stereocenters. The van der Waals surface area contributed by atoms with Gasteiger partial charge < -0.3 is 9.47 Å². The van der Waals surface area contributed by atoms with E-state index in [9.17, 15) is 24.5 Å². The number of imide groups is 2. The molecular weight excluding hydrogens is 617 g/mol. The second kappa shape index (κ2) is 12.1. The average molecular weight is 641 g/mol. The van der Waals surface area contributed by atoms with Crippen molar-refractivity contribution in [2.24, 2.45) is 0 Å². The molecule has 1 aliphatic rings. The first-order valence-electron chi connectivity index (χ1n) is 12.0. The zero-order valence-electron chi connectivity index (χ0n) is 21.1. The number of carbonyl (C=O) groups is 3. The molecule has 1 aliphatic heterocycles. The lowest BCUT2D eigenvalue weighted by Gasteiger charge is -2.28. The molecule has 39 heavy (non-hydrogen) atoms. The molecule has 1 saturated heterocycles. The molecule has 1 N–H and O–H groups in total. The van der Waals surface area contributed by atoms with Crippen molar-refractivity contribution in [3.8, 4) is 11.5 Å². The van der Waals surface area contributed by atoms with Crippen LogP contribution < -0.4 is 19.7 Å². The average Bonchev–Trinajstić information content (AvgIpc) is 2.91. The van der Waals surface area contributed by atoms with Crippen LogP contribution >= 0.6 is 22.6 Å². The number of carbonyl (C=O) groups excluding carboxylic acids is 3. The molecule has 11 heteroatoms. The fourth-order valence-electron chi connectivity index (χ4n) is 4.06. The van der Waals surface area contributed by atoms with Crippen molar-refractivity contribution in [1.29, 1.82) is 0 Å². The van der Waals surface area contributed by atoms with E-state index in [0.717, 1.165) is 10.5 Å². The van der Waals surface area contributed by atoms with E-state index in [2.05, 4.69) is 5.32 Å². The normalized spacial score (nSPS) is 14.4. The monoisotopic (exact) mass is 641 g/mol. The van der Waals surface area contributed by atoms with E-state index >= 15 is 0 Å². The number of nitro groups is 1. The van der Waals surface area contributed by atoms with E-state index in [1.807, 2.05) is 41.6 Å². The molecule has 0 spiro atoms. The smallest absolute Gasteiger partial charge is 0.335 e. The van der Waals surface area contributed by atoms with E-state index in [-0.39, 0.29) is 17.9 Å². The number of ether oxygens (including phenoxy) is 2. The predicted molar refractivity (Wildman–Crippen MR) is 153 cm³/mol. The van der Waals surface area contributed by atoms with Crippen LogP contribution in [0.15, 0.2) is 66.2 Å². The van der Waals surface area contributed by atoms with Gasteiger partial charge in [-0.05, 0) is 76.9 Å². The summed E-state index contributed by atoms with van der Waals surface area (Å²) in [6.45, 7) is 4.09. The Labute approximate surface area is 237 Å². The predicted octanol–water partition coefficient (Wildman–Crippen LogP) is 5.41. The number of hydrogen-bond acceptors (Lipinski definition) is 7. The number of non-ortho nitro benzene ring substituents is 1. The Morgan fingerprint density at radius 1 is 1.03 bits per heavy atom. The maximum absolute atomic E-state index is 13.4. The number of anilines is 1. The highest BCUT2D eigenvalue weighted by atomic mass is 127. The third-order valence-electron chi connectivity index (χ3n) is 5.86. The maximum atomic E-state index is 13.4. The lowest BCUT2D eigenvalue weighted by atomic mass is 10.0. The molecule has 3 aromatic rings. The quantitative estimate of drug-likeness (QED) is 0.109. The summed E-state index contributed by atoms with van der Waals surface area (Å²) in [7, 11) is 0. The van der Waals surface area contributed by atoms with Gasteiger partial charge in [-0.25, -0.2) is 9.69 Å². The van der Waals surface area contributed by atoms with Crippen LogP contribution in [0.2, 0.25) is 0 Å². The van der Waals surface area contributed by atoms with Gasteiger partial charge in [-0.2, -0.15) is 0 Å². The molecule has 10 nitrogen and oxygen atoms in total. The van der Waals surface area contributed by atoms with Crippen LogP contribution in [0.1, 0.15) is 30.5 Å². The zero-order chi connectivity index (χ0) is 28.1. The summed E-state index contributed by atoms with van der Waals surface area (Å²) in [5.74, 6) is -0.744. The number of barbiturate groups is 1. The Hall–Kier alpha value is -4.26. The molecule has 0 unspecified atom stereocenters. The molecular formula is C28H24IN3O7. The molecule has 1 fully saturated rings. The first-order chi connectivity index (χ1) is 18.7. The van der Waals surface area contributed by atoms with E-state index in [0.29, 0.717) is 44.9 Å². The number of nitro benzene ring substituents is 1. The Kier molecular flexibility index (Phi) is 8.59. The first-order valence-corrected chi connectivity index (χ1v) is 13.1. The SMILES string of the molecule is CCOc1cc(/C=C2/C(=O)NC(=O)N(c3ccccc3CC)C2=O)cc(I)c1OCc1cccc([N+](=O)[O-])c1. The van der Waals surface area contributed by atoms with Crippen LogP contribution in [0, 0.1) is 13.7 Å². The standard InChI is InChI=1S/C28H24IN3O7/c1-3-19-9-5-6-11-23(19)31-27(34)21(26(33)30-28(31)35)13-18-14-22(29)25(24(15-18)38-4-2)39-16-17-8-7-10-20(12-17)32(36)37/h5-15H,3-4,16H2,1-2H3,(H,30,33,35)/b21-13-. The number of benzene rings is 3. The van der Waals surface area contributed by atoms with Gasteiger partial charge in [0.05, 0.1) is 20.8 Å². The maximum Gasteiger partial charge on any atom is 0.335 e. The van der Waals surface area contributed by atoms with Gasteiger partial charge in [0.15, 0.2) is 11.5 Å². The molecule has 4 amide bonds. The highest BCUT2D eigenvalue weighted by molar-refractivity contribution is 14.1. The number of nitrogens with zero attached hydrogens (tertiary/aromatic N) is 2. The Bertz CT molecular complexity index is 1500. The van der Waals surface area contributed by atoms with E-state index in [1.54, 1.807) is 43.3 Å². The van der Waals surface area contributed by atoms with Crippen molar-refractivity contribution in [3.63, 3.8) is 0 Å². The number of para-hydroxylation sites is 1. The minimum absolute atomic E-state index is 0.0395. The Morgan fingerprint density at radius 2 is 1.79 bits per heavy atom. The van der Waals surface area contributed by atoms with Gasteiger partial charge in [0.25, 0.3) is 17.5 Å². The van der Waals surface area contributed by atoms with Crippen LogP contribution in [-0.4, -0.2) is 29.4 Å². The van der Waals surface area contributed by atoms with Crippen molar-refractivity contribution in [2.75, 3.05) is 11.5 Å². The van der Waals surface area contributed by atoms with Crippen molar-refractivity contribution in [2.45, 2.75) is 26.9 Å². The van der Waals surface area contributed by atoms with Gasteiger partial charge in [0.2, 0.25) is 0 Å². The van der Waals surface area contributed by atoms with Crippen LogP contribution in [0.4, 0.5) is 16.2 Å². The van der Waals surface area contributed by atoms with Gasteiger partial charge in [-0.15, -0.1) is 0 Å². The van der Waals surface area contributed by atoms with Gasteiger partial charge >= 0.3 is 6.03 Å². The summed E-state index contributed by atoms with van der Waals surface area (Å²) in [4.78, 5) is 50.3. The van der Waals surface area contributed by atoms with Crippen molar-refractivity contribution < 1.29 is 28.8 Å². The molecule has 0 bridgehead atoms. The van der Waals surface area contributed by atoms with Gasteiger partial charge in [0, 0.05) is 12.1 Å². The highest BCUT2D eigenvalue weighted by Gasteiger charge is 2.37. The third kappa shape index (κ3) is 6.08. The lowest BCUT2D eigenvalue weighted by molar-refractivity contribution is -0.384. The number of rotatable bonds is 9. The van der Waals surface area contributed by atoms with E-state index < -0.39 is 22.8 Å². The number of halogens is 1. The van der Waals surface area contributed by atoms with Crippen molar-refractivity contribution in [3.05, 3.63) is 96.6 Å². The second-order valence-electron chi connectivity index (χ2n) is 8.42. The Morgan fingerprint density at radius 3 is 2.51 bits per heavy atom. The van der Waals surface area contributed by atoms with Gasteiger partial charge in [-0.3, -0.25) is 25.0 Å². The first kappa shape index (κ1) is 27.8. The molecule has 3 aromatic carbocycles. The molecule has 4 rings (SSSR count). The summed E-state index contributed by atoms with van der Waals surface area (Å²) < 4.78 is 12.4. The fourth-order valence-corrected chi connectivity index (χ4v) is 4.84. The second-order valence-corrected chi connectivity index (χ2v) is 9.58. The minimum atomic E-state index is -0.808. The summed E-state index contributed by atoms with van der Waals surface area (Å²) in [6, 6.07) is 15.7. The number of aryl methyl sites for hydroxylation is 1. The largest absolute Gasteiger partial charge is 0.490 e. The number of urea groups is 1. The number of nitrogens with one attached hydrogen (secondary N) is 1. The van der Waals surface area contributed by atoms with Crippen molar-refractivity contribution >= 4 is 57.9 Å². The molecule has 0 aliphatic carbocycles. The van der Waals surface area contributed by atoms with E-state index in [4.69, 9.17) is 9.47 Å². The summed E-state index contributed by atoms with van der Waals surface area (Å²) >= 11 is 2.05. The Balaban J connectivity index is 1.66. The third-order valence-corrected chi connectivity index (χ3v) is 6.66. The van der Waals surface area contributed by atoms with Crippen molar-refractivity contribution in [1.82, 2.24) is 5.32 Å². The molecule has 0 saturated carbocycles.